The third-order valence-electron chi connectivity index (χ3n) is 12.0. The first-order valence-electron chi connectivity index (χ1n) is 21.8. The molecule has 2 fully saturated rings. The molecule has 0 aliphatic carbocycles. The van der Waals surface area contributed by atoms with Crippen LogP contribution in [0.1, 0.15) is 67.3 Å². The Hall–Kier alpha value is -6.44. The monoisotopic (exact) mass is 1020 g/mol. The number of nitrogen functional groups attached to an aromatic ring is 1. The molecule has 3 atom stereocenters. The minimum atomic E-state index is -1.37. The van der Waals surface area contributed by atoms with Crippen molar-refractivity contribution in [2.24, 2.45) is 12.2 Å². The molecule has 8 heterocycles. The highest BCUT2D eigenvalue weighted by Crippen LogP contribution is 2.46. The van der Waals surface area contributed by atoms with Gasteiger partial charge in [0.25, 0.3) is 11.8 Å². The van der Waals surface area contributed by atoms with Crippen molar-refractivity contribution in [2.45, 2.75) is 73.9 Å². The van der Waals surface area contributed by atoms with E-state index in [4.69, 9.17) is 25.0 Å². The van der Waals surface area contributed by atoms with Crippen molar-refractivity contribution in [2.75, 3.05) is 42.7 Å². The normalized spacial score (nSPS) is 19.3. The lowest BCUT2D eigenvalue weighted by Gasteiger charge is -2.49. The van der Waals surface area contributed by atoms with E-state index in [1.54, 1.807) is 11.5 Å². The number of halogens is 1. The lowest BCUT2D eigenvalue weighted by atomic mass is 9.93. The number of ether oxygens (including phenoxy) is 2. The van der Waals surface area contributed by atoms with Crippen LogP contribution in [0.15, 0.2) is 67.1 Å². The molecule has 0 radical (unpaired) electrons. The van der Waals surface area contributed by atoms with E-state index in [0.29, 0.717) is 64.8 Å². The predicted molar refractivity (Wildman–Crippen MR) is 254 cm³/mol. The van der Waals surface area contributed by atoms with Crippen LogP contribution in [0.25, 0.3) is 22.2 Å². The average Bonchev–Trinajstić information content (AvgIpc) is 3.99. The summed E-state index contributed by atoms with van der Waals surface area (Å²) in [7, 11) is 1.91. The van der Waals surface area contributed by atoms with Gasteiger partial charge >= 0.3 is 17.9 Å². The van der Waals surface area contributed by atoms with Gasteiger partial charge in [0.05, 0.1) is 23.3 Å². The van der Waals surface area contributed by atoms with Gasteiger partial charge < -0.3 is 39.9 Å². The SMILES string of the molecule is CCO/N=C(/C(=O)N[C@H]1C(=O)N2C(C(=O)OCCC(=O)OC3CCN(c4c(F)cc5c(=O)c(C(=O)O)cn6c5c4CCC6C)CC3)=C(Sc3nc(-c4cc[n+](C)cc4)cs3)CSC12)c1nsc(N)n1. The van der Waals surface area contributed by atoms with E-state index in [1.807, 2.05) is 53.3 Å². The summed E-state index contributed by atoms with van der Waals surface area (Å²) < 4.78 is 35.7. The molecule has 2 unspecified atom stereocenters. The maximum atomic E-state index is 15.9. The molecule has 9 rings (SSSR count). The Morgan fingerprint density at radius 1 is 1.13 bits per heavy atom. The smallest absolute Gasteiger partial charge is 0.355 e. The molecule has 1 aromatic carbocycles. The van der Waals surface area contributed by atoms with E-state index < -0.39 is 64.1 Å². The number of pyridine rings is 2. The number of oxime groups is 1. The number of carbonyl (C=O) groups excluding carboxylic acids is 4. The van der Waals surface area contributed by atoms with Gasteiger partial charge in [0.15, 0.2) is 21.9 Å². The Morgan fingerprint density at radius 2 is 1.90 bits per heavy atom. The zero-order valence-corrected chi connectivity index (χ0v) is 40.5. The molecule has 2 amide bonds. The van der Waals surface area contributed by atoms with Crippen LogP contribution < -0.4 is 25.9 Å². The summed E-state index contributed by atoms with van der Waals surface area (Å²) in [4.78, 5) is 97.2. The van der Waals surface area contributed by atoms with E-state index >= 15 is 4.39 Å². The summed E-state index contributed by atoms with van der Waals surface area (Å²) in [5.41, 5.74) is 7.45. The number of thiazole rings is 1. The number of hydrogen-bond donors (Lipinski definition) is 3. The van der Waals surface area contributed by atoms with Crippen molar-refractivity contribution >= 4 is 104 Å². The van der Waals surface area contributed by atoms with Crippen LogP contribution in [0, 0.1) is 5.82 Å². The molecule has 0 saturated carbocycles. The molecule has 25 heteroatoms. The number of nitrogens with zero attached hydrogens (tertiary/aromatic N) is 8. The third kappa shape index (κ3) is 9.51. The van der Waals surface area contributed by atoms with Gasteiger partial charge in [0.1, 0.15) is 54.9 Å². The van der Waals surface area contributed by atoms with Crippen molar-refractivity contribution in [1.29, 1.82) is 0 Å². The highest BCUT2D eigenvalue weighted by molar-refractivity contribution is 8.07. The topological polar surface area (TPSA) is 255 Å². The summed E-state index contributed by atoms with van der Waals surface area (Å²) in [6.07, 6.45) is 6.23. The fourth-order valence-corrected chi connectivity index (χ4v) is 12.5. The quantitative estimate of drug-likeness (QED) is 0.0440. The number of fused-ring (bicyclic) bond motifs is 1. The maximum Gasteiger partial charge on any atom is 0.355 e. The molecule has 4 aliphatic heterocycles. The van der Waals surface area contributed by atoms with Crippen molar-refractivity contribution in [3.8, 4) is 11.3 Å². The van der Waals surface area contributed by atoms with Crippen LogP contribution in [0.3, 0.4) is 0 Å². The number of aromatic carboxylic acids is 1. The molecule has 69 heavy (non-hydrogen) atoms. The number of hydrogen-bond acceptors (Lipinski definition) is 19. The molecule has 0 bridgehead atoms. The fourth-order valence-electron chi connectivity index (χ4n) is 8.59. The first-order valence-corrected chi connectivity index (χ1v) is 25.3. The molecule has 2 saturated heterocycles. The van der Waals surface area contributed by atoms with E-state index in [0.717, 1.165) is 28.9 Å². The standard InChI is InChI=1S/C44H43FN10O10S4/c1-4-64-50-31(37-49-43(46)69-51-37)38(58)48-32-39(59)55-35(29(20-66-40(32)55)68-44-47-28(19-67-44)22-7-12-52(3)13-8-22)42(62)63-16-11-30(56)65-23-9-14-53(15-10-23)34-24-6-5-21(2)54-18-26(41(60)61)36(57)25(33(24)54)17-27(34)45/h7-8,12-13,17-19,21,23,32,40H,4-6,9-11,14-16,20H2,1-3H3,(H3-,46,48,49,51,58,60,61)/p+1/b50-31+/t21?,32-,40?/m0/s1. The summed E-state index contributed by atoms with van der Waals surface area (Å²) in [5.74, 6) is -4.64. The minimum absolute atomic E-state index is 0.0294. The number of benzene rings is 1. The van der Waals surface area contributed by atoms with Crippen molar-refractivity contribution in [3.63, 3.8) is 0 Å². The lowest BCUT2D eigenvalue weighted by Crippen LogP contribution is -2.71. The second-order valence-electron chi connectivity index (χ2n) is 16.4. The van der Waals surface area contributed by atoms with E-state index in [2.05, 4.69) is 19.8 Å². The molecule has 0 spiro atoms. The number of rotatable bonds is 15. The Labute approximate surface area is 408 Å². The number of carbonyl (C=O) groups is 5. The van der Waals surface area contributed by atoms with Crippen LogP contribution in [0.5, 0.6) is 0 Å². The zero-order valence-electron chi connectivity index (χ0n) is 37.2. The van der Waals surface area contributed by atoms with Gasteiger partial charge in [-0.3, -0.25) is 24.1 Å². The fraction of sp³-hybridized carbons (Fsp3) is 0.386. The number of amides is 2. The number of piperidine rings is 1. The van der Waals surface area contributed by atoms with Crippen molar-refractivity contribution < 1.29 is 52.3 Å². The highest BCUT2D eigenvalue weighted by atomic mass is 32.2. The molecule has 4 N–H and O–H groups in total. The average molecular weight is 1020 g/mol. The largest absolute Gasteiger partial charge is 0.477 e. The number of carboxylic acids is 1. The number of esters is 2. The van der Waals surface area contributed by atoms with Crippen LogP contribution in [0.2, 0.25) is 0 Å². The second-order valence-corrected chi connectivity index (χ2v) is 20.5. The van der Waals surface area contributed by atoms with Crippen LogP contribution in [0.4, 0.5) is 15.2 Å². The number of aryl methyl sites for hydroxylation is 2. The number of nitrogens with one attached hydrogen (secondary N) is 1. The molecule has 20 nitrogen and oxygen atoms in total. The van der Waals surface area contributed by atoms with Gasteiger partial charge in [-0.2, -0.15) is 9.36 Å². The maximum absolute atomic E-state index is 15.9. The third-order valence-corrected chi connectivity index (χ3v) is 16.0. The number of carboxylic acid groups (broad SMARTS) is 1. The Kier molecular flexibility index (Phi) is 13.7. The van der Waals surface area contributed by atoms with Gasteiger partial charge in [0, 0.05) is 94.4 Å². The van der Waals surface area contributed by atoms with Crippen molar-refractivity contribution in [1.82, 2.24) is 29.1 Å². The first-order chi connectivity index (χ1) is 33.2. The Balaban J connectivity index is 0.859. The number of β-lactam (4-membered cyclic amide) rings is 1. The summed E-state index contributed by atoms with van der Waals surface area (Å²) in [5, 5.41) is 17.5. The van der Waals surface area contributed by atoms with E-state index in [1.165, 1.54) is 46.0 Å². The molecular weight excluding hydrogens is 976 g/mol. The predicted octanol–water partition coefficient (Wildman–Crippen LogP) is 4.02. The highest BCUT2D eigenvalue weighted by Gasteiger charge is 2.55. The number of thioether (sulfide) groups is 2. The summed E-state index contributed by atoms with van der Waals surface area (Å²) in [6, 6.07) is 3.83. The first kappa shape index (κ1) is 47.6. The van der Waals surface area contributed by atoms with E-state index in [-0.39, 0.29) is 59.2 Å². The Bertz CT molecular complexity index is 3020. The van der Waals surface area contributed by atoms with Gasteiger partial charge in [-0.1, -0.05) is 16.9 Å². The summed E-state index contributed by atoms with van der Waals surface area (Å²) >= 11 is 4.78. The molecule has 4 aromatic heterocycles. The number of nitrogens with two attached hydrogens (primary N) is 1. The van der Waals surface area contributed by atoms with Crippen LogP contribution in [-0.2, 0) is 47.0 Å². The number of anilines is 2. The zero-order chi connectivity index (χ0) is 48.7. The van der Waals surface area contributed by atoms with Crippen molar-refractivity contribution in [3.05, 3.63) is 85.8 Å². The molecule has 360 valence electrons. The lowest BCUT2D eigenvalue weighted by molar-refractivity contribution is -0.671. The van der Waals surface area contributed by atoms with Gasteiger partial charge in [-0.05, 0) is 32.8 Å². The van der Waals surface area contributed by atoms with Crippen LogP contribution in [-0.4, -0.2) is 114 Å². The molecule has 4 aliphatic rings. The molecule has 5 aromatic rings. The second kappa shape index (κ2) is 19.9. The van der Waals surface area contributed by atoms with Crippen LogP contribution >= 0.6 is 46.4 Å². The van der Waals surface area contributed by atoms with E-state index in [9.17, 15) is 33.9 Å². The summed E-state index contributed by atoms with van der Waals surface area (Å²) in [6.45, 7) is 4.08. The number of aromatic nitrogens is 5. The van der Waals surface area contributed by atoms with Gasteiger partial charge in [0.2, 0.25) is 17.0 Å². The molecular formula is C44H44FN10O10S4+. The Morgan fingerprint density at radius 3 is 2.61 bits per heavy atom. The minimum Gasteiger partial charge on any atom is -0.477 e. The van der Waals surface area contributed by atoms with Gasteiger partial charge in [-0.15, -0.1) is 23.1 Å². The van der Waals surface area contributed by atoms with Gasteiger partial charge in [-0.25, -0.2) is 23.5 Å².